The highest BCUT2D eigenvalue weighted by Crippen LogP contribution is 2.33. The molecule has 2 aliphatic rings. The number of rotatable bonds is 2. The van der Waals surface area contributed by atoms with Crippen molar-refractivity contribution in [2.24, 2.45) is 0 Å². The zero-order chi connectivity index (χ0) is 21.4. The molecule has 0 aliphatic carbocycles. The molecule has 7 heteroatoms. The van der Waals surface area contributed by atoms with Crippen LogP contribution in [0.4, 0.5) is 10.1 Å². The van der Waals surface area contributed by atoms with Crippen LogP contribution in [0.3, 0.4) is 0 Å². The molecule has 0 bridgehead atoms. The van der Waals surface area contributed by atoms with E-state index in [1.54, 1.807) is 28.0 Å². The van der Waals surface area contributed by atoms with Crippen LogP contribution in [0, 0.1) is 5.82 Å². The number of hydrogen-bond donors (Lipinski definition) is 1. The van der Waals surface area contributed by atoms with E-state index < -0.39 is 5.60 Å². The third kappa shape index (κ3) is 3.70. The summed E-state index contributed by atoms with van der Waals surface area (Å²) in [6.45, 7) is 1.65. The molecule has 160 valence electrons. The maximum absolute atomic E-state index is 14.0. The number of amides is 2. The molecule has 2 amide bonds. The number of fused-ring (bicyclic) bond motifs is 1. The number of H-pyrrole nitrogens is 1. The molecule has 3 aromatic rings. The second-order valence-electron chi connectivity index (χ2n) is 8.32. The quantitative estimate of drug-likeness (QED) is 0.686. The average Bonchev–Trinajstić information content (AvgIpc) is 3.13. The van der Waals surface area contributed by atoms with Gasteiger partial charge in [-0.1, -0.05) is 30.3 Å². The lowest BCUT2D eigenvalue weighted by Gasteiger charge is -2.42. The average molecular weight is 421 g/mol. The molecule has 1 spiro atoms. The summed E-state index contributed by atoms with van der Waals surface area (Å²) >= 11 is 0. The highest BCUT2D eigenvalue weighted by molar-refractivity contribution is 5.98. The van der Waals surface area contributed by atoms with E-state index in [0.29, 0.717) is 42.7 Å². The predicted octanol–water partition coefficient (Wildman–Crippen LogP) is 3.74. The van der Waals surface area contributed by atoms with E-state index >= 15 is 0 Å². The molecule has 0 unspecified atom stereocenters. The lowest BCUT2D eigenvalue weighted by Crippen LogP contribution is -2.55. The Hall–Kier alpha value is -3.19. The van der Waals surface area contributed by atoms with Crippen LogP contribution in [0.15, 0.2) is 54.6 Å². The fourth-order valence-corrected chi connectivity index (χ4v) is 4.64. The lowest BCUT2D eigenvalue weighted by atomic mass is 9.92. The first-order valence-corrected chi connectivity index (χ1v) is 10.6. The Morgan fingerprint density at radius 1 is 1.06 bits per heavy atom. The van der Waals surface area contributed by atoms with Gasteiger partial charge in [-0.25, -0.2) is 4.39 Å². The van der Waals surface area contributed by atoms with Crippen molar-refractivity contribution in [1.82, 2.24) is 9.88 Å². The van der Waals surface area contributed by atoms with Crippen molar-refractivity contribution in [3.8, 4) is 0 Å². The van der Waals surface area contributed by atoms with Crippen LogP contribution >= 0.6 is 0 Å². The number of likely N-dealkylation sites (tertiary alicyclic amines) is 1. The Labute approximate surface area is 179 Å². The Balaban J connectivity index is 1.33. The standard InChI is InChI=1S/C24H24FN3O3/c25-19-9-4-6-17-14-20(26-22(17)19)23(30)27-12-5-10-24(11-13-27)16-28(21(29)15-31-24)18-7-2-1-3-8-18/h1-4,6-9,14,26H,5,10-13,15-16H2/t24-/m0/s1. The van der Waals surface area contributed by atoms with Crippen molar-refractivity contribution >= 4 is 28.4 Å². The first kappa shape index (κ1) is 19.8. The molecule has 1 aromatic heterocycles. The Morgan fingerprint density at radius 2 is 1.90 bits per heavy atom. The maximum Gasteiger partial charge on any atom is 0.270 e. The number of hydrogen-bond acceptors (Lipinski definition) is 3. The molecule has 31 heavy (non-hydrogen) atoms. The van der Waals surface area contributed by atoms with E-state index in [4.69, 9.17) is 4.74 Å². The van der Waals surface area contributed by atoms with Crippen LogP contribution in [0.5, 0.6) is 0 Å². The molecule has 2 aromatic carbocycles. The SMILES string of the molecule is O=C(c1cc2cccc(F)c2[nH]1)N1CCC[C@]2(CC1)CN(c1ccccc1)C(=O)CO2. The van der Waals surface area contributed by atoms with Gasteiger partial charge >= 0.3 is 0 Å². The van der Waals surface area contributed by atoms with E-state index in [1.165, 1.54) is 6.07 Å². The lowest BCUT2D eigenvalue weighted by molar-refractivity contribution is -0.140. The number of para-hydroxylation sites is 2. The third-order valence-corrected chi connectivity index (χ3v) is 6.34. The number of carbonyl (C=O) groups is 2. The second-order valence-corrected chi connectivity index (χ2v) is 8.32. The van der Waals surface area contributed by atoms with Crippen molar-refractivity contribution in [1.29, 1.82) is 0 Å². The summed E-state index contributed by atoms with van der Waals surface area (Å²) in [7, 11) is 0. The van der Waals surface area contributed by atoms with Gasteiger partial charge in [0.15, 0.2) is 0 Å². The van der Waals surface area contributed by atoms with Crippen molar-refractivity contribution < 1.29 is 18.7 Å². The molecule has 3 heterocycles. The van der Waals surface area contributed by atoms with Crippen molar-refractivity contribution in [2.45, 2.75) is 24.9 Å². The van der Waals surface area contributed by atoms with Gasteiger partial charge in [-0.05, 0) is 43.5 Å². The molecule has 2 saturated heterocycles. The summed E-state index contributed by atoms with van der Waals surface area (Å²) in [5.74, 6) is -0.554. The molecule has 1 N–H and O–H groups in total. The number of morpholine rings is 1. The van der Waals surface area contributed by atoms with Gasteiger partial charge in [-0.2, -0.15) is 0 Å². The summed E-state index contributed by atoms with van der Waals surface area (Å²) < 4.78 is 20.1. The molecule has 0 radical (unpaired) electrons. The van der Waals surface area contributed by atoms with E-state index in [2.05, 4.69) is 4.98 Å². The van der Waals surface area contributed by atoms with Gasteiger partial charge in [-0.3, -0.25) is 9.59 Å². The van der Waals surface area contributed by atoms with Gasteiger partial charge in [0.25, 0.3) is 11.8 Å². The van der Waals surface area contributed by atoms with Crippen molar-refractivity contribution in [3.63, 3.8) is 0 Å². The van der Waals surface area contributed by atoms with Gasteiger partial charge in [0.2, 0.25) is 0 Å². The minimum atomic E-state index is -0.467. The minimum Gasteiger partial charge on any atom is -0.363 e. The molecule has 2 fully saturated rings. The van der Waals surface area contributed by atoms with Crippen molar-refractivity contribution in [2.75, 3.05) is 31.1 Å². The molecule has 1 atom stereocenters. The van der Waals surface area contributed by atoms with E-state index in [0.717, 1.165) is 18.5 Å². The number of aromatic nitrogens is 1. The first-order chi connectivity index (χ1) is 15.0. The zero-order valence-corrected chi connectivity index (χ0v) is 17.1. The highest BCUT2D eigenvalue weighted by Gasteiger charge is 2.42. The number of anilines is 1. The summed E-state index contributed by atoms with van der Waals surface area (Å²) in [6.07, 6.45) is 2.19. The minimum absolute atomic E-state index is 0.0458. The number of ether oxygens (including phenoxy) is 1. The third-order valence-electron chi connectivity index (χ3n) is 6.34. The number of halogens is 1. The van der Waals surface area contributed by atoms with Gasteiger partial charge < -0.3 is 19.5 Å². The first-order valence-electron chi connectivity index (χ1n) is 10.6. The number of benzene rings is 2. The predicted molar refractivity (Wildman–Crippen MR) is 115 cm³/mol. The summed E-state index contributed by atoms with van der Waals surface area (Å²) in [4.78, 5) is 32.1. The smallest absolute Gasteiger partial charge is 0.270 e. The van der Waals surface area contributed by atoms with E-state index in [-0.39, 0.29) is 24.2 Å². The fraction of sp³-hybridized carbons (Fsp3) is 0.333. The molecule has 2 aliphatic heterocycles. The van der Waals surface area contributed by atoms with Gasteiger partial charge in [0.05, 0.1) is 17.7 Å². The Kier molecular flexibility index (Phi) is 4.98. The zero-order valence-electron chi connectivity index (χ0n) is 17.1. The van der Waals surface area contributed by atoms with Crippen LogP contribution in [0.1, 0.15) is 29.8 Å². The molecular formula is C24H24FN3O3. The fourth-order valence-electron chi connectivity index (χ4n) is 4.64. The summed E-state index contributed by atoms with van der Waals surface area (Å²) in [5.41, 5.74) is 1.14. The van der Waals surface area contributed by atoms with Crippen molar-refractivity contribution in [3.05, 3.63) is 66.1 Å². The van der Waals surface area contributed by atoms with E-state index in [9.17, 15) is 14.0 Å². The highest BCUT2D eigenvalue weighted by atomic mass is 19.1. The largest absolute Gasteiger partial charge is 0.363 e. The maximum atomic E-state index is 14.0. The summed E-state index contributed by atoms with van der Waals surface area (Å²) in [6, 6.07) is 16.1. The Bertz CT molecular complexity index is 1130. The number of aromatic amines is 1. The molecule has 6 nitrogen and oxygen atoms in total. The second kappa shape index (κ2) is 7.81. The van der Waals surface area contributed by atoms with Gasteiger partial charge in [0, 0.05) is 24.2 Å². The van der Waals surface area contributed by atoms with Gasteiger partial charge in [0.1, 0.15) is 18.1 Å². The monoisotopic (exact) mass is 421 g/mol. The molecular weight excluding hydrogens is 397 g/mol. The van der Waals surface area contributed by atoms with Crippen LogP contribution < -0.4 is 4.90 Å². The normalized spacial score (nSPS) is 22.2. The van der Waals surface area contributed by atoms with Gasteiger partial charge in [-0.15, -0.1) is 0 Å². The van der Waals surface area contributed by atoms with Crippen LogP contribution in [-0.4, -0.2) is 53.5 Å². The number of nitrogens with zero attached hydrogens (tertiary/aromatic N) is 2. The number of carbonyl (C=O) groups excluding carboxylic acids is 2. The summed E-state index contributed by atoms with van der Waals surface area (Å²) in [5, 5.41) is 0.683. The van der Waals surface area contributed by atoms with Crippen LogP contribution in [0.2, 0.25) is 0 Å². The van der Waals surface area contributed by atoms with Crippen LogP contribution in [-0.2, 0) is 9.53 Å². The van der Waals surface area contributed by atoms with Crippen LogP contribution in [0.25, 0.3) is 10.9 Å². The van der Waals surface area contributed by atoms with E-state index in [1.807, 2.05) is 30.3 Å². The number of nitrogens with one attached hydrogen (secondary N) is 1. The molecule has 5 rings (SSSR count). The molecule has 0 saturated carbocycles. The Morgan fingerprint density at radius 3 is 2.71 bits per heavy atom. The topological polar surface area (TPSA) is 65.6 Å².